The number of rotatable bonds is 3. The van der Waals surface area contributed by atoms with Gasteiger partial charge in [-0.3, -0.25) is 4.68 Å². The first-order chi connectivity index (χ1) is 6.75. The van der Waals surface area contributed by atoms with Crippen LogP contribution in [0.3, 0.4) is 0 Å². The highest BCUT2D eigenvalue weighted by atomic mass is 32.1. The molecule has 2 aromatic heterocycles. The molecule has 0 aliphatic carbocycles. The number of thiazole rings is 1. The zero-order valence-electron chi connectivity index (χ0n) is 7.66. The van der Waals surface area contributed by atoms with Crippen LogP contribution in [0.25, 0.3) is 0 Å². The Labute approximate surface area is 85.0 Å². The molecule has 0 aromatic carbocycles. The molecule has 0 bridgehead atoms. The van der Waals surface area contributed by atoms with Crippen molar-refractivity contribution in [1.29, 1.82) is 0 Å². The van der Waals surface area contributed by atoms with Crippen LogP contribution in [-0.2, 0) is 13.5 Å². The maximum Gasteiger partial charge on any atom is 0.122 e. The van der Waals surface area contributed by atoms with Crippen molar-refractivity contribution in [3.8, 4) is 0 Å². The maximum absolute atomic E-state index is 9.74. The Morgan fingerprint density at radius 3 is 3.07 bits per heavy atom. The van der Waals surface area contributed by atoms with E-state index in [1.165, 1.54) is 11.3 Å². The van der Waals surface area contributed by atoms with E-state index in [0.717, 1.165) is 10.7 Å². The van der Waals surface area contributed by atoms with Crippen molar-refractivity contribution in [3.63, 3.8) is 0 Å². The van der Waals surface area contributed by atoms with Gasteiger partial charge in [-0.25, -0.2) is 4.98 Å². The first kappa shape index (κ1) is 9.29. The van der Waals surface area contributed by atoms with E-state index in [0.29, 0.717) is 6.42 Å². The predicted octanol–water partition coefficient (Wildman–Crippen LogP) is 0.548. The molecule has 1 unspecified atom stereocenters. The van der Waals surface area contributed by atoms with Crippen molar-refractivity contribution < 1.29 is 5.11 Å². The summed E-state index contributed by atoms with van der Waals surface area (Å²) in [4.78, 5) is 4.03. The molecular formula is C8H10N4OS. The van der Waals surface area contributed by atoms with Gasteiger partial charge in [0.2, 0.25) is 0 Å². The van der Waals surface area contributed by atoms with Crippen LogP contribution in [0.2, 0.25) is 0 Å². The molecule has 74 valence electrons. The lowest BCUT2D eigenvalue weighted by Gasteiger charge is -2.03. The second-order valence-corrected chi connectivity index (χ2v) is 3.90. The average molecular weight is 210 g/mol. The molecule has 2 rings (SSSR count). The molecule has 6 heteroatoms. The van der Waals surface area contributed by atoms with Crippen LogP contribution in [0.15, 0.2) is 17.8 Å². The summed E-state index contributed by atoms with van der Waals surface area (Å²) in [5, 5.41) is 20.0. The van der Waals surface area contributed by atoms with Crippen molar-refractivity contribution in [2.75, 3.05) is 0 Å². The summed E-state index contributed by atoms with van der Waals surface area (Å²) in [5.74, 6) is 0. The summed E-state index contributed by atoms with van der Waals surface area (Å²) in [5.41, 5.74) is 0.773. The molecule has 0 amide bonds. The van der Waals surface area contributed by atoms with Gasteiger partial charge in [-0.15, -0.1) is 16.4 Å². The van der Waals surface area contributed by atoms with Gasteiger partial charge >= 0.3 is 0 Å². The number of nitrogens with zero attached hydrogens (tertiary/aromatic N) is 4. The predicted molar refractivity (Wildman–Crippen MR) is 51.8 cm³/mol. The van der Waals surface area contributed by atoms with Gasteiger partial charge in [0, 0.05) is 31.2 Å². The summed E-state index contributed by atoms with van der Waals surface area (Å²) in [6.45, 7) is 0. The standard InChI is InChI=1S/C8H10N4OS/c1-12-5-6(10-11-12)4-7(13)8-9-2-3-14-8/h2-3,5,7,13H,4H2,1H3. The van der Waals surface area contributed by atoms with E-state index in [1.807, 2.05) is 5.38 Å². The van der Waals surface area contributed by atoms with Crippen LogP contribution >= 0.6 is 11.3 Å². The minimum Gasteiger partial charge on any atom is -0.386 e. The molecule has 0 saturated carbocycles. The molecule has 2 heterocycles. The Balaban J connectivity index is 2.05. The Hall–Kier alpha value is -1.27. The zero-order valence-corrected chi connectivity index (χ0v) is 8.48. The van der Waals surface area contributed by atoms with E-state index in [9.17, 15) is 5.11 Å². The normalized spacial score (nSPS) is 13.0. The van der Waals surface area contributed by atoms with E-state index < -0.39 is 6.10 Å². The van der Waals surface area contributed by atoms with Gasteiger partial charge in [0.15, 0.2) is 0 Å². The highest BCUT2D eigenvalue weighted by Gasteiger charge is 2.12. The molecule has 0 radical (unpaired) electrons. The fourth-order valence-electron chi connectivity index (χ4n) is 1.17. The summed E-state index contributed by atoms with van der Waals surface area (Å²) < 4.78 is 1.61. The molecule has 0 aliphatic rings. The number of aromatic nitrogens is 4. The first-order valence-electron chi connectivity index (χ1n) is 4.18. The van der Waals surface area contributed by atoms with Crippen molar-refractivity contribution in [2.24, 2.45) is 7.05 Å². The highest BCUT2D eigenvalue weighted by Crippen LogP contribution is 2.18. The third-order valence-corrected chi connectivity index (χ3v) is 2.67. The van der Waals surface area contributed by atoms with Crippen LogP contribution in [-0.4, -0.2) is 25.1 Å². The van der Waals surface area contributed by atoms with E-state index in [2.05, 4.69) is 15.3 Å². The van der Waals surface area contributed by atoms with Crippen LogP contribution < -0.4 is 0 Å². The summed E-state index contributed by atoms with van der Waals surface area (Å²) in [6, 6.07) is 0. The van der Waals surface area contributed by atoms with E-state index >= 15 is 0 Å². The summed E-state index contributed by atoms with van der Waals surface area (Å²) in [7, 11) is 1.80. The Bertz CT molecular complexity index is 397. The number of hydrogen-bond acceptors (Lipinski definition) is 5. The number of aliphatic hydroxyl groups excluding tert-OH is 1. The molecule has 5 nitrogen and oxygen atoms in total. The number of aryl methyl sites for hydroxylation is 1. The molecule has 0 aliphatic heterocycles. The third-order valence-electron chi connectivity index (χ3n) is 1.79. The maximum atomic E-state index is 9.74. The molecule has 0 saturated heterocycles. The van der Waals surface area contributed by atoms with Crippen molar-refractivity contribution in [1.82, 2.24) is 20.0 Å². The molecule has 1 N–H and O–H groups in total. The molecule has 0 spiro atoms. The Morgan fingerprint density at radius 2 is 2.50 bits per heavy atom. The van der Waals surface area contributed by atoms with Crippen molar-refractivity contribution in [3.05, 3.63) is 28.5 Å². The molecule has 2 aromatic rings. The van der Waals surface area contributed by atoms with Gasteiger partial charge in [-0.2, -0.15) is 0 Å². The van der Waals surface area contributed by atoms with E-state index in [4.69, 9.17) is 0 Å². The molecule has 0 fully saturated rings. The zero-order chi connectivity index (χ0) is 9.97. The number of hydrogen-bond donors (Lipinski definition) is 1. The quantitative estimate of drug-likeness (QED) is 0.803. The topological polar surface area (TPSA) is 63.8 Å². The first-order valence-corrected chi connectivity index (χ1v) is 5.06. The van der Waals surface area contributed by atoms with Gasteiger partial charge in [-0.05, 0) is 0 Å². The van der Waals surface area contributed by atoms with Crippen LogP contribution in [0, 0.1) is 0 Å². The van der Waals surface area contributed by atoms with Crippen molar-refractivity contribution in [2.45, 2.75) is 12.5 Å². The van der Waals surface area contributed by atoms with Gasteiger partial charge in [0.1, 0.15) is 11.1 Å². The van der Waals surface area contributed by atoms with Crippen LogP contribution in [0.5, 0.6) is 0 Å². The van der Waals surface area contributed by atoms with Crippen molar-refractivity contribution >= 4 is 11.3 Å². The van der Waals surface area contributed by atoms with Crippen LogP contribution in [0.4, 0.5) is 0 Å². The Morgan fingerprint density at radius 1 is 1.64 bits per heavy atom. The molecular weight excluding hydrogens is 200 g/mol. The minimum absolute atomic E-state index is 0.460. The third kappa shape index (κ3) is 1.97. The lowest BCUT2D eigenvalue weighted by Crippen LogP contribution is -2.01. The minimum atomic E-state index is -0.577. The average Bonchev–Trinajstić information content (AvgIpc) is 2.75. The van der Waals surface area contributed by atoms with Gasteiger partial charge < -0.3 is 5.11 Å². The summed E-state index contributed by atoms with van der Waals surface area (Å²) in [6.07, 6.45) is 3.35. The fourth-order valence-corrected chi connectivity index (χ4v) is 1.80. The highest BCUT2D eigenvalue weighted by molar-refractivity contribution is 7.09. The molecule has 14 heavy (non-hydrogen) atoms. The lowest BCUT2D eigenvalue weighted by molar-refractivity contribution is 0.176. The largest absolute Gasteiger partial charge is 0.386 e. The SMILES string of the molecule is Cn1cc(CC(O)c2nccs2)nn1. The molecule has 1 atom stereocenters. The smallest absolute Gasteiger partial charge is 0.122 e. The van der Waals surface area contributed by atoms with E-state index in [1.54, 1.807) is 24.1 Å². The number of aliphatic hydroxyl groups is 1. The van der Waals surface area contributed by atoms with E-state index in [-0.39, 0.29) is 0 Å². The second kappa shape index (κ2) is 3.85. The van der Waals surface area contributed by atoms with Crippen LogP contribution in [0.1, 0.15) is 16.8 Å². The van der Waals surface area contributed by atoms with Gasteiger partial charge in [-0.1, -0.05) is 5.21 Å². The van der Waals surface area contributed by atoms with Gasteiger partial charge in [0.25, 0.3) is 0 Å². The fraction of sp³-hybridized carbons (Fsp3) is 0.375. The monoisotopic (exact) mass is 210 g/mol. The second-order valence-electron chi connectivity index (χ2n) is 2.97. The van der Waals surface area contributed by atoms with Gasteiger partial charge in [0.05, 0.1) is 5.69 Å². The summed E-state index contributed by atoms with van der Waals surface area (Å²) >= 11 is 1.44. The lowest BCUT2D eigenvalue weighted by atomic mass is 10.2. The Kier molecular flexibility index (Phi) is 2.55.